The first-order valence-electron chi connectivity index (χ1n) is 8.74. The fourth-order valence-electron chi connectivity index (χ4n) is 3.47. The standard InChI is InChI=1S/C19H30O4/c1-14(2)7-8-16(21)15(3)6-5-10-18(4)17-9-11-19(12-20,23-17)13-22-18/h7,12,15,17H,5-6,8-11,13H2,1-4H3/t15?,17-,18+,19-/m1/s1. The van der Waals surface area contributed by atoms with Crippen LogP contribution in [0.5, 0.6) is 0 Å². The Morgan fingerprint density at radius 2 is 2.13 bits per heavy atom. The van der Waals surface area contributed by atoms with Gasteiger partial charge in [0.1, 0.15) is 11.4 Å². The molecule has 0 spiro atoms. The molecule has 1 unspecified atom stereocenters. The van der Waals surface area contributed by atoms with Gasteiger partial charge in [-0.2, -0.15) is 0 Å². The van der Waals surface area contributed by atoms with Crippen molar-refractivity contribution in [2.24, 2.45) is 5.92 Å². The normalized spacial score (nSPS) is 34.0. The fourth-order valence-corrected chi connectivity index (χ4v) is 3.47. The molecule has 4 atom stereocenters. The number of Topliss-reactive ketones (excluding diaryl/α,β-unsaturated/α-hetero) is 1. The van der Waals surface area contributed by atoms with Gasteiger partial charge < -0.3 is 14.3 Å². The van der Waals surface area contributed by atoms with E-state index >= 15 is 0 Å². The lowest BCUT2D eigenvalue weighted by Gasteiger charge is -2.42. The Bertz CT molecular complexity index is 480. The first-order chi connectivity index (χ1) is 10.8. The highest BCUT2D eigenvalue weighted by Gasteiger charge is 2.53. The predicted octanol–water partition coefficient (Wildman–Crippen LogP) is 3.62. The Labute approximate surface area is 139 Å². The van der Waals surface area contributed by atoms with Crippen LogP contribution in [-0.2, 0) is 19.1 Å². The minimum atomic E-state index is -0.697. The van der Waals surface area contributed by atoms with Crippen LogP contribution in [0.1, 0.15) is 66.2 Å². The molecule has 2 bridgehead atoms. The van der Waals surface area contributed by atoms with Gasteiger partial charge in [-0.05, 0) is 52.9 Å². The van der Waals surface area contributed by atoms with Gasteiger partial charge in [-0.15, -0.1) is 0 Å². The maximum absolute atomic E-state index is 12.1. The number of allylic oxidation sites excluding steroid dienone is 2. The van der Waals surface area contributed by atoms with E-state index in [4.69, 9.17) is 9.47 Å². The van der Waals surface area contributed by atoms with Crippen molar-refractivity contribution in [1.82, 2.24) is 0 Å². The highest BCUT2D eigenvalue weighted by Crippen LogP contribution is 2.43. The van der Waals surface area contributed by atoms with E-state index in [-0.39, 0.29) is 17.6 Å². The van der Waals surface area contributed by atoms with Crippen LogP contribution in [0.4, 0.5) is 0 Å². The number of fused-ring (bicyclic) bond motifs is 2. The van der Waals surface area contributed by atoms with Crippen molar-refractivity contribution in [3.05, 3.63) is 11.6 Å². The van der Waals surface area contributed by atoms with Crippen molar-refractivity contribution >= 4 is 12.1 Å². The van der Waals surface area contributed by atoms with E-state index < -0.39 is 5.60 Å². The number of aldehydes is 1. The molecule has 23 heavy (non-hydrogen) atoms. The molecule has 0 aromatic rings. The van der Waals surface area contributed by atoms with Gasteiger partial charge >= 0.3 is 0 Å². The fraction of sp³-hybridized carbons (Fsp3) is 0.789. The SMILES string of the molecule is CC(C)=CCC(=O)C(C)CCC[C@]1(C)OC[C@]2(C=O)CC[C@H]1O2. The number of rotatable bonds is 8. The Morgan fingerprint density at radius 3 is 2.78 bits per heavy atom. The number of ketones is 1. The lowest BCUT2D eigenvalue weighted by atomic mass is 9.88. The molecule has 2 fully saturated rings. The molecular weight excluding hydrogens is 292 g/mol. The maximum atomic E-state index is 12.1. The third-order valence-corrected chi connectivity index (χ3v) is 5.32. The van der Waals surface area contributed by atoms with Gasteiger partial charge in [0.25, 0.3) is 0 Å². The second kappa shape index (κ2) is 7.27. The third kappa shape index (κ3) is 4.30. The molecule has 2 saturated heterocycles. The quantitative estimate of drug-likeness (QED) is 0.506. The summed E-state index contributed by atoms with van der Waals surface area (Å²) in [4.78, 5) is 23.3. The Hall–Kier alpha value is -1.00. The number of carbonyl (C=O) groups excluding carboxylic acids is 2. The van der Waals surface area contributed by atoms with Crippen LogP contribution < -0.4 is 0 Å². The highest BCUT2D eigenvalue weighted by atomic mass is 16.6. The van der Waals surface area contributed by atoms with Gasteiger partial charge in [0.2, 0.25) is 0 Å². The Morgan fingerprint density at radius 1 is 1.39 bits per heavy atom. The first-order valence-corrected chi connectivity index (χ1v) is 8.74. The number of ether oxygens (including phenoxy) is 2. The third-order valence-electron chi connectivity index (χ3n) is 5.32. The zero-order valence-electron chi connectivity index (χ0n) is 14.9. The van der Waals surface area contributed by atoms with E-state index in [2.05, 4.69) is 6.92 Å². The van der Waals surface area contributed by atoms with Crippen molar-refractivity contribution in [2.75, 3.05) is 6.61 Å². The average molecular weight is 322 g/mol. The number of hydrogen-bond donors (Lipinski definition) is 0. The summed E-state index contributed by atoms with van der Waals surface area (Å²) in [7, 11) is 0. The van der Waals surface area contributed by atoms with Crippen molar-refractivity contribution in [1.29, 1.82) is 0 Å². The molecule has 0 N–H and O–H groups in total. The molecule has 0 saturated carbocycles. The number of carbonyl (C=O) groups is 2. The van der Waals surface area contributed by atoms with E-state index in [1.807, 2.05) is 26.8 Å². The monoisotopic (exact) mass is 322 g/mol. The Balaban J connectivity index is 1.79. The predicted molar refractivity (Wildman–Crippen MR) is 89.3 cm³/mol. The summed E-state index contributed by atoms with van der Waals surface area (Å²) in [6, 6.07) is 0. The molecule has 0 aromatic heterocycles. The van der Waals surface area contributed by atoms with E-state index in [0.29, 0.717) is 18.8 Å². The molecule has 130 valence electrons. The molecule has 4 nitrogen and oxygen atoms in total. The Kier molecular flexibility index (Phi) is 5.79. The minimum Gasteiger partial charge on any atom is -0.369 e. The van der Waals surface area contributed by atoms with Gasteiger partial charge in [0, 0.05) is 12.3 Å². The molecule has 2 aliphatic heterocycles. The van der Waals surface area contributed by atoms with Gasteiger partial charge in [0.05, 0.1) is 18.3 Å². The molecular formula is C19H30O4. The van der Waals surface area contributed by atoms with Crippen LogP contribution in [0, 0.1) is 5.92 Å². The first kappa shape index (κ1) is 18.3. The zero-order valence-corrected chi connectivity index (χ0v) is 14.9. The van der Waals surface area contributed by atoms with Gasteiger partial charge in [0.15, 0.2) is 6.29 Å². The summed E-state index contributed by atoms with van der Waals surface area (Å²) in [6.07, 6.45) is 7.74. The topological polar surface area (TPSA) is 52.6 Å². The van der Waals surface area contributed by atoms with Crippen molar-refractivity contribution in [2.45, 2.75) is 83.5 Å². The highest BCUT2D eigenvalue weighted by molar-refractivity contribution is 5.82. The molecule has 0 aromatic carbocycles. The molecule has 0 radical (unpaired) electrons. The zero-order chi connectivity index (χ0) is 17.1. The van der Waals surface area contributed by atoms with Crippen molar-refractivity contribution in [3.63, 3.8) is 0 Å². The van der Waals surface area contributed by atoms with Gasteiger partial charge in [-0.3, -0.25) is 4.79 Å². The summed E-state index contributed by atoms with van der Waals surface area (Å²) in [5, 5.41) is 0. The van der Waals surface area contributed by atoms with Crippen LogP contribution in [0.25, 0.3) is 0 Å². The lowest BCUT2D eigenvalue weighted by Crippen LogP contribution is -2.53. The summed E-state index contributed by atoms with van der Waals surface area (Å²) in [5.41, 5.74) is 0.162. The molecule has 2 aliphatic rings. The summed E-state index contributed by atoms with van der Waals surface area (Å²) >= 11 is 0. The van der Waals surface area contributed by atoms with Crippen LogP contribution >= 0.6 is 0 Å². The van der Waals surface area contributed by atoms with Gasteiger partial charge in [-0.25, -0.2) is 0 Å². The molecule has 0 aliphatic carbocycles. The van der Waals surface area contributed by atoms with E-state index in [0.717, 1.165) is 38.4 Å². The largest absolute Gasteiger partial charge is 0.369 e. The van der Waals surface area contributed by atoms with E-state index in [1.165, 1.54) is 5.57 Å². The summed E-state index contributed by atoms with van der Waals surface area (Å²) in [5.74, 6) is 0.384. The molecule has 2 heterocycles. The second-order valence-electron chi connectivity index (χ2n) is 7.67. The van der Waals surface area contributed by atoms with Crippen molar-refractivity contribution < 1.29 is 19.1 Å². The maximum Gasteiger partial charge on any atom is 0.154 e. The van der Waals surface area contributed by atoms with Crippen LogP contribution in [-0.4, -0.2) is 36.0 Å². The van der Waals surface area contributed by atoms with Gasteiger partial charge in [-0.1, -0.05) is 18.6 Å². The van der Waals surface area contributed by atoms with Crippen LogP contribution in [0.15, 0.2) is 11.6 Å². The van der Waals surface area contributed by atoms with Crippen molar-refractivity contribution in [3.8, 4) is 0 Å². The average Bonchev–Trinajstić information content (AvgIpc) is 2.91. The lowest BCUT2D eigenvalue weighted by molar-refractivity contribution is -0.230. The minimum absolute atomic E-state index is 0.00173. The summed E-state index contributed by atoms with van der Waals surface area (Å²) < 4.78 is 12.0. The molecule has 4 heteroatoms. The van der Waals surface area contributed by atoms with E-state index in [1.54, 1.807) is 0 Å². The van der Waals surface area contributed by atoms with Crippen LogP contribution in [0.2, 0.25) is 0 Å². The molecule has 0 amide bonds. The molecule has 2 rings (SSSR count). The number of hydrogen-bond acceptors (Lipinski definition) is 4. The van der Waals surface area contributed by atoms with E-state index in [9.17, 15) is 9.59 Å². The second-order valence-corrected chi connectivity index (χ2v) is 7.67. The van der Waals surface area contributed by atoms with Crippen LogP contribution in [0.3, 0.4) is 0 Å². The summed E-state index contributed by atoms with van der Waals surface area (Å²) in [6.45, 7) is 8.47. The smallest absolute Gasteiger partial charge is 0.154 e.